The predicted octanol–water partition coefficient (Wildman–Crippen LogP) is 2.79. The molecule has 2 saturated heterocycles. The van der Waals surface area contributed by atoms with Gasteiger partial charge in [0.05, 0.1) is 29.1 Å². The summed E-state index contributed by atoms with van der Waals surface area (Å²) in [7, 11) is -3.44. The first kappa shape index (κ1) is 20.7. The number of hydrogen-bond acceptors (Lipinski definition) is 6. The summed E-state index contributed by atoms with van der Waals surface area (Å²) in [6.45, 7) is 3.61. The van der Waals surface area contributed by atoms with E-state index in [1.54, 1.807) is 4.90 Å². The average molecular weight is 438 g/mol. The molecule has 2 unspecified atom stereocenters. The highest BCUT2D eigenvalue weighted by Crippen LogP contribution is 2.33. The number of ether oxygens (including phenoxy) is 1. The lowest BCUT2D eigenvalue weighted by atomic mass is 10.1. The Morgan fingerprint density at radius 1 is 1.34 bits per heavy atom. The zero-order valence-electron chi connectivity index (χ0n) is 16.8. The fraction of sp³-hybridized carbons (Fsp3) is 0.600. The van der Waals surface area contributed by atoms with Crippen molar-refractivity contribution >= 4 is 42.6 Å². The molecule has 4 rings (SSSR count). The van der Waals surface area contributed by atoms with Crippen LogP contribution in [-0.4, -0.2) is 61.7 Å². The van der Waals surface area contributed by atoms with Crippen molar-refractivity contribution in [1.82, 2.24) is 9.29 Å². The third-order valence-corrected chi connectivity index (χ3v) is 8.00. The Bertz CT molecular complexity index is 998. The molecule has 1 aromatic carbocycles. The van der Waals surface area contributed by atoms with Gasteiger partial charge in [-0.1, -0.05) is 24.3 Å². The van der Waals surface area contributed by atoms with E-state index in [1.807, 2.05) is 6.07 Å². The van der Waals surface area contributed by atoms with Gasteiger partial charge in [0.15, 0.2) is 5.13 Å². The van der Waals surface area contributed by atoms with E-state index in [0.29, 0.717) is 37.7 Å². The second-order valence-corrected chi connectivity index (χ2v) is 10.7. The number of benzene rings is 1. The second kappa shape index (κ2) is 8.29. The van der Waals surface area contributed by atoms with Crippen LogP contribution in [0.1, 0.15) is 38.2 Å². The van der Waals surface area contributed by atoms with Gasteiger partial charge in [0.1, 0.15) is 6.04 Å². The largest absolute Gasteiger partial charge is 0.376 e. The Hall–Kier alpha value is -1.55. The number of rotatable bonds is 6. The molecule has 2 atom stereocenters. The van der Waals surface area contributed by atoms with Crippen molar-refractivity contribution in [2.45, 2.75) is 51.2 Å². The number of fused-ring (bicyclic) bond motifs is 1. The normalized spacial score (nSPS) is 23.1. The van der Waals surface area contributed by atoms with Crippen LogP contribution in [0.3, 0.4) is 0 Å². The number of aryl methyl sites for hydroxylation is 1. The second-order valence-electron chi connectivity index (χ2n) is 7.77. The van der Waals surface area contributed by atoms with E-state index in [9.17, 15) is 13.2 Å². The van der Waals surface area contributed by atoms with Gasteiger partial charge in [-0.25, -0.2) is 13.4 Å². The first-order chi connectivity index (χ1) is 13.9. The van der Waals surface area contributed by atoms with Crippen molar-refractivity contribution in [1.29, 1.82) is 0 Å². The number of amides is 1. The molecule has 0 radical (unpaired) electrons. The Kier molecular flexibility index (Phi) is 5.92. The number of nitrogens with zero attached hydrogens (tertiary/aromatic N) is 3. The summed E-state index contributed by atoms with van der Waals surface area (Å²) in [4.78, 5) is 19.9. The summed E-state index contributed by atoms with van der Waals surface area (Å²) in [5.74, 6) is -0.196. The molecule has 1 amide bonds. The number of carbonyl (C=O) groups is 1. The zero-order chi connectivity index (χ0) is 20.6. The molecule has 29 heavy (non-hydrogen) atoms. The summed E-state index contributed by atoms with van der Waals surface area (Å²) in [6, 6.07) is 5.50. The molecular weight excluding hydrogens is 410 g/mol. The summed E-state index contributed by atoms with van der Waals surface area (Å²) >= 11 is 1.48. The Labute approximate surface area is 175 Å². The van der Waals surface area contributed by atoms with Crippen molar-refractivity contribution < 1.29 is 17.9 Å². The van der Waals surface area contributed by atoms with Crippen LogP contribution in [0.5, 0.6) is 0 Å². The smallest absolute Gasteiger partial charge is 0.247 e. The summed E-state index contributed by atoms with van der Waals surface area (Å²) in [5.41, 5.74) is 2.09. The van der Waals surface area contributed by atoms with E-state index in [2.05, 4.69) is 19.1 Å². The van der Waals surface area contributed by atoms with Crippen LogP contribution in [-0.2, 0) is 26.0 Å². The highest BCUT2D eigenvalue weighted by atomic mass is 32.2. The number of carbonyl (C=O) groups excluding carboxylic acids is 1. The SMILES string of the molecule is CCc1ccc2nc(N(CC3CCCO3)C(=O)C3CCCN3S(C)(=O)=O)sc2c1. The van der Waals surface area contributed by atoms with Gasteiger partial charge in [-0.05, 0) is 49.8 Å². The molecule has 0 spiro atoms. The molecule has 7 nitrogen and oxygen atoms in total. The molecule has 3 heterocycles. The highest BCUT2D eigenvalue weighted by Gasteiger charge is 2.40. The molecule has 9 heteroatoms. The fourth-order valence-electron chi connectivity index (χ4n) is 4.11. The van der Waals surface area contributed by atoms with E-state index in [1.165, 1.54) is 27.5 Å². The third-order valence-electron chi connectivity index (χ3n) is 5.67. The molecule has 2 aliphatic rings. The van der Waals surface area contributed by atoms with E-state index in [-0.39, 0.29) is 12.0 Å². The summed E-state index contributed by atoms with van der Waals surface area (Å²) in [6.07, 6.45) is 5.18. The topological polar surface area (TPSA) is 79.8 Å². The molecule has 2 aliphatic heterocycles. The van der Waals surface area contributed by atoms with Crippen LogP contribution < -0.4 is 4.90 Å². The monoisotopic (exact) mass is 437 g/mol. The van der Waals surface area contributed by atoms with Gasteiger partial charge in [-0.15, -0.1) is 0 Å². The minimum atomic E-state index is -3.44. The van der Waals surface area contributed by atoms with Gasteiger partial charge in [0.25, 0.3) is 0 Å². The van der Waals surface area contributed by atoms with Crippen LogP contribution >= 0.6 is 11.3 Å². The Morgan fingerprint density at radius 2 is 2.17 bits per heavy atom. The van der Waals surface area contributed by atoms with Crippen molar-refractivity contribution in [3.05, 3.63) is 23.8 Å². The average Bonchev–Trinajstić information content (AvgIpc) is 3.44. The van der Waals surface area contributed by atoms with Crippen molar-refractivity contribution in [2.75, 3.05) is 30.9 Å². The van der Waals surface area contributed by atoms with Crippen molar-refractivity contribution in [3.63, 3.8) is 0 Å². The van der Waals surface area contributed by atoms with E-state index in [0.717, 1.165) is 29.5 Å². The summed E-state index contributed by atoms with van der Waals surface area (Å²) in [5, 5.41) is 0.620. The summed E-state index contributed by atoms with van der Waals surface area (Å²) < 4.78 is 32.5. The van der Waals surface area contributed by atoms with E-state index in [4.69, 9.17) is 9.72 Å². The number of anilines is 1. The lowest BCUT2D eigenvalue weighted by molar-refractivity contribution is -0.122. The molecule has 158 valence electrons. The number of thiazole rings is 1. The van der Waals surface area contributed by atoms with Crippen LogP contribution in [0.25, 0.3) is 10.2 Å². The minimum Gasteiger partial charge on any atom is -0.376 e. The number of aromatic nitrogens is 1. The lowest BCUT2D eigenvalue weighted by Gasteiger charge is -2.29. The van der Waals surface area contributed by atoms with Crippen molar-refractivity contribution in [3.8, 4) is 0 Å². The Balaban J connectivity index is 1.68. The maximum Gasteiger partial charge on any atom is 0.247 e. The van der Waals surface area contributed by atoms with Crippen LogP contribution in [0.15, 0.2) is 18.2 Å². The quantitative estimate of drug-likeness (QED) is 0.694. The minimum absolute atomic E-state index is 0.0368. The van der Waals surface area contributed by atoms with Gasteiger partial charge < -0.3 is 4.74 Å². The highest BCUT2D eigenvalue weighted by molar-refractivity contribution is 7.88. The fourth-order valence-corrected chi connectivity index (χ4v) is 6.27. The number of hydrogen-bond donors (Lipinski definition) is 0. The van der Waals surface area contributed by atoms with Gasteiger partial charge in [-0.2, -0.15) is 4.31 Å². The molecule has 2 fully saturated rings. The Morgan fingerprint density at radius 3 is 2.86 bits per heavy atom. The van der Waals surface area contributed by atoms with Crippen molar-refractivity contribution in [2.24, 2.45) is 0 Å². The first-order valence-electron chi connectivity index (χ1n) is 10.2. The zero-order valence-corrected chi connectivity index (χ0v) is 18.5. The standard InChI is InChI=1S/C20H27N3O4S2/c1-3-14-8-9-16-18(12-14)28-20(21-16)22(13-15-6-5-11-27-15)19(24)17-7-4-10-23(17)29(2,25)26/h8-9,12,15,17H,3-7,10-11,13H2,1-2H3. The van der Waals surface area contributed by atoms with Gasteiger partial charge in [0, 0.05) is 13.2 Å². The van der Waals surface area contributed by atoms with Gasteiger partial charge in [-0.3, -0.25) is 9.69 Å². The molecule has 0 bridgehead atoms. The van der Waals surface area contributed by atoms with Gasteiger partial charge in [0.2, 0.25) is 15.9 Å². The van der Waals surface area contributed by atoms with E-state index < -0.39 is 16.1 Å². The van der Waals surface area contributed by atoms with Crippen LogP contribution in [0.4, 0.5) is 5.13 Å². The predicted molar refractivity (Wildman–Crippen MR) is 115 cm³/mol. The molecule has 0 saturated carbocycles. The third kappa shape index (κ3) is 4.33. The molecule has 1 aromatic heterocycles. The van der Waals surface area contributed by atoms with Crippen LogP contribution in [0.2, 0.25) is 0 Å². The maximum absolute atomic E-state index is 13.5. The van der Waals surface area contributed by atoms with Crippen LogP contribution in [0, 0.1) is 0 Å². The number of sulfonamides is 1. The molecule has 0 N–H and O–H groups in total. The van der Waals surface area contributed by atoms with Gasteiger partial charge >= 0.3 is 0 Å². The molecule has 0 aliphatic carbocycles. The molecular formula is C20H27N3O4S2. The molecule has 2 aromatic rings. The first-order valence-corrected chi connectivity index (χ1v) is 12.8. The lowest BCUT2D eigenvalue weighted by Crippen LogP contribution is -2.49. The van der Waals surface area contributed by atoms with E-state index >= 15 is 0 Å². The maximum atomic E-state index is 13.5.